The van der Waals surface area contributed by atoms with Crippen LogP contribution in [0, 0.1) is 0 Å². The predicted molar refractivity (Wildman–Crippen MR) is 295 cm³/mol. The second-order valence-corrected chi connectivity index (χ2v) is 19.8. The standard InChI is InChI=1S/C61H66O6S2.CH4/c1-7-37-61(38-8-2)53-41-45(57-35-33-55(68-57)43-21-27-49(28-22-43)64-39-17-13-15-19-59(62)66-47(9-3)10-4)25-31-51(53)52-32-26-46(42-54(52)61)58-36-34-56(69-58)44-23-29-50(30-24-44)65-40-18-14-16-20-60(63)67-48(11-5)12-6;/h9-12,21-36,41-42,47-48H,3-8,13-20,37-40H2,1-2H3;1H4. The third kappa shape index (κ3) is 13.1. The molecule has 7 rings (SSSR count). The van der Waals surface area contributed by atoms with E-state index in [0.717, 1.165) is 75.7 Å². The topological polar surface area (TPSA) is 71.1 Å². The lowest BCUT2D eigenvalue weighted by Crippen LogP contribution is -2.25. The third-order valence-corrected chi connectivity index (χ3v) is 15.2. The van der Waals surface area contributed by atoms with Crippen LogP contribution in [0.1, 0.15) is 109 Å². The number of carbonyl (C=O) groups is 2. The fourth-order valence-electron chi connectivity index (χ4n) is 9.33. The monoisotopic (exact) mass is 974 g/mol. The quantitative estimate of drug-likeness (QED) is 0.0277. The van der Waals surface area contributed by atoms with Crippen molar-refractivity contribution in [3.63, 3.8) is 0 Å². The molecule has 0 spiro atoms. The summed E-state index contributed by atoms with van der Waals surface area (Å²) in [5.74, 6) is 1.24. The lowest BCUT2D eigenvalue weighted by Gasteiger charge is -2.32. The van der Waals surface area contributed by atoms with Crippen molar-refractivity contribution in [3.05, 3.63) is 171 Å². The van der Waals surface area contributed by atoms with Crippen LogP contribution in [0.4, 0.5) is 0 Å². The van der Waals surface area contributed by atoms with Crippen molar-refractivity contribution in [1.82, 2.24) is 0 Å². The lowest BCUT2D eigenvalue weighted by atomic mass is 9.71. The third-order valence-electron chi connectivity index (χ3n) is 12.8. The number of carbonyl (C=O) groups excluding carboxylic acids is 2. The van der Waals surface area contributed by atoms with E-state index in [1.54, 1.807) is 24.3 Å². The average molecular weight is 975 g/mol. The van der Waals surface area contributed by atoms with Crippen LogP contribution in [0.25, 0.3) is 52.9 Å². The molecule has 1 aliphatic carbocycles. The van der Waals surface area contributed by atoms with Gasteiger partial charge in [-0.3, -0.25) is 9.59 Å². The average Bonchev–Trinajstić information content (AvgIpc) is 4.14. The highest BCUT2D eigenvalue weighted by Crippen LogP contribution is 2.56. The molecule has 0 bridgehead atoms. The van der Waals surface area contributed by atoms with E-state index in [-0.39, 0.29) is 24.8 Å². The summed E-state index contributed by atoms with van der Waals surface area (Å²) in [6.07, 6.45) is 15.6. The normalized spacial score (nSPS) is 12.1. The Labute approximate surface area is 425 Å². The Bertz CT molecular complexity index is 2480. The minimum atomic E-state index is -0.432. The van der Waals surface area contributed by atoms with E-state index >= 15 is 0 Å². The molecule has 0 saturated carbocycles. The molecule has 0 aliphatic heterocycles. The van der Waals surface area contributed by atoms with E-state index in [4.69, 9.17) is 18.9 Å². The Hall–Kier alpha value is -6.22. The molecule has 0 unspecified atom stereocenters. The van der Waals surface area contributed by atoms with Crippen LogP contribution < -0.4 is 9.47 Å². The maximum Gasteiger partial charge on any atom is 0.306 e. The first-order valence-electron chi connectivity index (χ1n) is 24.6. The molecule has 4 aromatic carbocycles. The second-order valence-electron chi connectivity index (χ2n) is 17.6. The van der Waals surface area contributed by atoms with Crippen molar-refractivity contribution in [2.24, 2.45) is 0 Å². The maximum atomic E-state index is 12.0. The molecule has 366 valence electrons. The number of benzene rings is 4. The van der Waals surface area contributed by atoms with Crippen molar-refractivity contribution in [2.75, 3.05) is 13.2 Å². The van der Waals surface area contributed by atoms with Gasteiger partial charge in [0, 0.05) is 37.8 Å². The predicted octanol–water partition coefficient (Wildman–Crippen LogP) is 17.4. The molecule has 2 heterocycles. The molecule has 6 aromatic rings. The number of ether oxygens (including phenoxy) is 4. The van der Waals surface area contributed by atoms with Crippen LogP contribution in [0.5, 0.6) is 11.5 Å². The highest BCUT2D eigenvalue weighted by molar-refractivity contribution is 7.19. The van der Waals surface area contributed by atoms with E-state index in [2.05, 4.69) is 125 Å². The Kier molecular flexibility index (Phi) is 19.8. The first kappa shape index (κ1) is 53.1. The van der Waals surface area contributed by atoms with Gasteiger partial charge in [0.2, 0.25) is 0 Å². The Balaban J connectivity index is 0.00000804. The van der Waals surface area contributed by atoms with Gasteiger partial charge < -0.3 is 18.9 Å². The smallest absolute Gasteiger partial charge is 0.306 e. The largest absolute Gasteiger partial charge is 0.494 e. The molecular weight excluding hydrogens is 905 g/mol. The Morgan fingerprint density at radius 1 is 0.500 bits per heavy atom. The van der Waals surface area contributed by atoms with Crippen molar-refractivity contribution in [3.8, 4) is 64.4 Å². The minimum Gasteiger partial charge on any atom is -0.494 e. The molecule has 0 N–H and O–H groups in total. The summed E-state index contributed by atoms with van der Waals surface area (Å²) >= 11 is 3.67. The zero-order valence-corrected chi connectivity index (χ0v) is 42.0. The van der Waals surface area contributed by atoms with Crippen molar-refractivity contribution in [1.29, 1.82) is 0 Å². The van der Waals surface area contributed by atoms with E-state index in [1.165, 1.54) is 64.0 Å². The molecule has 1 aliphatic rings. The molecule has 6 nitrogen and oxygen atoms in total. The summed E-state index contributed by atoms with van der Waals surface area (Å²) in [7, 11) is 0. The first-order chi connectivity index (χ1) is 33.7. The van der Waals surface area contributed by atoms with Crippen LogP contribution in [-0.2, 0) is 24.5 Å². The highest BCUT2D eigenvalue weighted by Gasteiger charge is 2.42. The van der Waals surface area contributed by atoms with Gasteiger partial charge in [0.25, 0.3) is 0 Å². The summed E-state index contributed by atoms with van der Waals surface area (Å²) in [5.41, 5.74) is 10.5. The van der Waals surface area contributed by atoms with Crippen LogP contribution in [-0.4, -0.2) is 37.4 Å². The second kappa shape index (κ2) is 26.1. The number of rotatable bonds is 28. The zero-order chi connectivity index (χ0) is 48.6. The minimum absolute atomic E-state index is 0. The van der Waals surface area contributed by atoms with Gasteiger partial charge >= 0.3 is 11.9 Å². The highest BCUT2D eigenvalue weighted by atomic mass is 32.1. The first-order valence-corrected chi connectivity index (χ1v) is 26.2. The van der Waals surface area contributed by atoms with E-state index in [1.807, 2.05) is 46.9 Å². The van der Waals surface area contributed by atoms with Crippen LogP contribution >= 0.6 is 22.7 Å². The van der Waals surface area contributed by atoms with Gasteiger partial charge in [0.1, 0.15) is 23.7 Å². The van der Waals surface area contributed by atoms with Gasteiger partial charge in [0.05, 0.1) is 13.2 Å². The summed E-state index contributed by atoms with van der Waals surface area (Å²) in [4.78, 5) is 29.0. The summed E-state index contributed by atoms with van der Waals surface area (Å²) in [5, 5.41) is 0. The molecular formula is C62H70O6S2. The summed E-state index contributed by atoms with van der Waals surface area (Å²) in [6.45, 7) is 20.5. The van der Waals surface area contributed by atoms with Crippen molar-refractivity contribution < 1.29 is 28.5 Å². The molecule has 0 fully saturated rings. The number of unbranched alkanes of at least 4 members (excludes halogenated alkanes) is 4. The number of hydrogen-bond acceptors (Lipinski definition) is 8. The number of fused-ring (bicyclic) bond motifs is 3. The fraction of sp³-hybridized carbons (Fsp3) is 0.323. The molecule has 2 aromatic heterocycles. The number of thiophene rings is 2. The van der Waals surface area contributed by atoms with Gasteiger partial charge in [-0.15, -0.1) is 22.7 Å². The van der Waals surface area contributed by atoms with Crippen LogP contribution in [0.15, 0.2) is 160 Å². The number of hydrogen-bond donors (Lipinski definition) is 0. The lowest BCUT2D eigenvalue weighted by molar-refractivity contribution is -0.146. The molecule has 70 heavy (non-hydrogen) atoms. The van der Waals surface area contributed by atoms with Crippen molar-refractivity contribution >= 4 is 34.6 Å². The zero-order valence-electron chi connectivity index (χ0n) is 40.4. The molecule has 0 saturated heterocycles. The molecule has 0 amide bonds. The fourth-order valence-corrected chi connectivity index (χ4v) is 11.3. The van der Waals surface area contributed by atoms with Gasteiger partial charge in [-0.1, -0.05) is 84.7 Å². The van der Waals surface area contributed by atoms with Crippen molar-refractivity contribution in [2.45, 2.75) is 116 Å². The summed E-state index contributed by atoms with van der Waals surface area (Å²) < 4.78 is 22.7. The van der Waals surface area contributed by atoms with Crippen LogP contribution in [0.3, 0.4) is 0 Å². The molecule has 0 atom stereocenters. The SMILES string of the molecule is C.C=CC(C=C)OC(=O)CCCCCOc1ccc(-c2ccc(-c3ccc4c(c3)C(CCC)(CCC)c3cc(-c5ccc(-c6ccc(OCCCCCC(=O)OC(C=C)C=C)cc6)s5)ccc3-4)s2)cc1. The van der Waals surface area contributed by atoms with Gasteiger partial charge in [-0.2, -0.15) is 0 Å². The summed E-state index contributed by atoms with van der Waals surface area (Å²) in [6, 6.07) is 40.1. The Morgan fingerprint density at radius 2 is 0.857 bits per heavy atom. The maximum absolute atomic E-state index is 12.0. The van der Waals surface area contributed by atoms with Crippen LogP contribution in [0.2, 0.25) is 0 Å². The van der Waals surface area contributed by atoms with Gasteiger partial charge in [0.15, 0.2) is 0 Å². The Morgan fingerprint density at radius 3 is 1.21 bits per heavy atom. The molecule has 0 radical (unpaired) electrons. The van der Waals surface area contributed by atoms with Gasteiger partial charge in [-0.25, -0.2) is 0 Å². The number of esters is 2. The van der Waals surface area contributed by atoms with Gasteiger partial charge in [-0.05, 0) is 205 Å². The van der Waals surface area contributed by atoms with E-state index in [9.17, 15) is 9.59 Å². The molecule has 8 heteroatoms. The van der Waals surface area contributed by atoms with E-state index < -0.39 is 12.2 Å². The van der Waals surface area contributed by atoms with E-state index in [0.29, 0.717) is 26.1 Å².